The third-order valence-electron chi connectivity index (χ3n) is 2.51. The largest absolute Gasteiger partial charge is 0.469 e. The number of ketones is 1. The van der Waals surface area contributed by atoms with Crippen LogP contribution in [0.3, 0.4) is 0 Å². The van der Waals surface area contributed by atoms with Gasteiger partial charge >= 0.3 is 5.97 Å². The van der Waals surface area contributed by atoms with Crippen LogP contribution in [0.1, 0.15) is 25.3 Å². The van der Waals surface area contributed by atoms with Gasteiger partial charge in [-0.25, -0.2) is 0 Å². The first-order valence-corrected chi connectivity index (χ1v) is 5.32. The van der Waals surface area contributed by atoms with Crippen molar-refractivity contribution >= 4 is 11.8 Å². The molecule has 0 saturated heterocycles. The smallest absolute Gasteiger partial charge is 0.313 e. The summed E-state index contributed by atoms with van der Waals surface area (Å²) in [6.45, 7) is 1.55. The molecule has 0 saturated carbocycles. The van der Waals surface area contributed by atoms with Gasteiger partial charge in [0, 0.05) is 6.42 Å². The number of carbonyl (C=O) groups is 2. The number of rotatable bonds is 5. The van der Waals surface area contributed by atoms with Crippen molar-refractivity contribution in [3.05, 3.63) is 35.9 Å². The van der Waals surface area contributed by atoms with Crippen molar-refractivity contribution in [1.82, 2.24) is 0 Å². The van der Waals surface area contributed by atoms with E-state index in [2.05, 4.69) is 4.74 Å². The van der Waals surface area contributed by atoms with Gasteiger partial charge in [-0.1, -0.05) is 30.3 Å². The van der Waals surface area contributed by atoms with Crippen molar-refractivity contribution in [2.75, 3.05) is 7.11 Å². The highest BCUT2D eigenvalue weighted by molar-refractivity contribution is 5.95. The Morgan fingerprint density at radius 3 is 2.41 bits per heavy atom. The highest BCUT2D eigenvalue weighted by Gasteiger charge is 2.27. The summed E-state index contributed by atoms with van der Waals surface area (Å²) in [5.74, 6) is -0.926. The van der Waals surface area contributed by atoms with Gasteiger partial charge in [0.05, 0.1) is 12.7 Å². The molecule has 0 aliphatic rings. The lowest BCUT2D eigenvalue weighted by Gasteiger charge is -2.22. The average Bonchev–Trinajstić information content (AvgIpc) is 2.29. The minimum Gasteiger partial charge on any atom is -0.469 e. The molecule has 0 aliphatic heterocycles. The highest BCUT2D eigenvalue weighted by atomic mass is 16.5. The SMILES string of the molecule is COC(=O)CC(=O)CC(C)(O)c1ccccc1. The maximum absolute atomic E-state index is 11.5. The lowest BCUT2D eigenvalue weighted by molar-refractivity contribution is -0.144. The van der Waals surface area contributed by atoms with Gasteiger partial charge in [-0.3, -0.25) is 9.59 Å². The van der Waals surface area contributed by atoms with Gasteiger partial charge in [0.25, 0.3) is 0 Å². The van der Waals surface area contributed by atoms with E-state index in [0.717, 1.165) is 0 Å². The number of Topliss-reactive ketones (excluding diaryl/α,β-unsaturated/α-hetero) is 1. The average molecular weight is 236 g/mol. The van der Waals surface area contributed by atoms with E-state index in [1.807, 2.05) is 6.07 Å². The number of methoxy groups -OCH3 is 1. The molecule has 4 nitrogen and oxygen atoms in total. The number of ether oxygens (including phenoxy) is 1. The number of hydrogen-bond acceptors (Lipinski definition) is 4. The summed E-state index contributed by atoms with van der Waals surface area (Å²) in [5.41, 5.74) is -0.606. The molecular weight excluding hydrogens is 220 g/mol. The molecule has 17 heavy (non-hydrogen) atoms. The molecule has 0 aliphatic carbocycles. The van der Waals surface area contributed by atoms with Crippen LogP contribution in [0.5, 0.6) is 0 Å². The van der Waals surface area contributed by atoms with Crippen LogP contribution in [0.4, 0.5) is 0 Å². The fourth-order valence-corrected chi connectivity index (χ4v) is 1.58. The summed E-state index contributed by atoms with van der Waals surface area (Å²) in [6, 6.07) is 8.88. The van der Waals surface area contributed by atoms with Crippen LogP contribution in [0.25, 0.3) is 0 Å². The Bertz CT molecular complexity index is 395. The zero-order valence-electron chi connectivity index (χ0n) is 9.97. The molecule has 0 amide bonds. The molecule has 1 atom stereocenters. The minimum atomic E-state index is -1.26. The highest BCUT2D eigenvalue weighted by Crippen LogP contribution is 2.24. The van der Waals surface area contributed by atoms with Crippen molar-refractivity contribution in [2.45, 2.75) is 25.4 Å². The van der Waals surface area contributed by atoms with E-state index in [1.165, 1.54) is 7.11 Å². The van der Waals surface area contributed by atoms with Crippen LogP contribution in [-0.4, -0.2) is 24.0 Å². The first-order valence-electron chi connectivity index (χ1n) is 5.32. The van der Waals surface area contributed by atoms with Crippen molar-refractivity contribution < 1.29 is 19.4 Å². The van der Waals surface area contributed by atoms with Crippen LogP contribution >= 0.6 is 0 Å². The van der Waals surface area contributed by atoms with Crippen LogP contribution in [0.15, 0.2) is 30.3 Å². The van der Waals surface area contributed by atoms with Gasteiger partial charge in [0.2, 0.25) is 0 Å². The lowest BCUT2D eigenvalue weighted by Crippen LogP contribution is -2.26. The third kappa shape index (κ3) is 4.00. The van der Waals surface area contributed by atoms with Gasteiger partial charge in [-0.15, -0.1) is 0 Å². The Balaban J connectivity index is 2.67. The quantitative estimate of drug-likeness (QED) is 0.620. The molecule has 1 unspecified atom stereocenters. The van der Waals surface area contributed by atoms with Gasteiger partial charge < -0.3 is 9.84 Å². The van der Waals surface area contributed by atoms with Gasteiger partial charge in [-0.2, -0.15) is 0 Å². The number of benzene rings is 1. The summed E-state index contributed by atoms with van der Waals surface area (Å²) in [6.07, 6.45) is -0.411. The van der Waals surface area contributed by atoms with Crippen molar-refractivity contribution in [3.63, 3.8) is 0 Å². The number of carbonyl (C=O) groups excluding carboxylic acids is 2. The molecule has 0 radical (unpaired) electrons. The van der Waals surface area contributed by atoms with Gasteiger partial charge in [0.1, 0.15) is 12.2 Å². The first kappa shape index (κ1) is 13.4. The monoisotopic (exact) mass is 236 g/mol. The van der Waals surface area contributed by atoms with E-state index in [1.54, 1.807) is 31.2 Å². The number of aliphatic hydroxyl groups is 1. The Kier molecular flexibility index (Phi) is 4.40. The predicted octanol–water partition coefficient (Wildman–Crippen LogP) is 1.42. The van der Waals surface area contributed by atoms with Crippen LogP contribution in [0, 0.1) is 0 Å². The van der Waals surface area contributed by atoms with E-state index < -0.39 is 11.6 Å². The fourth-order valence-electron chi connectivity index (χ4n) is 1.58. The normalized spacial score (nSPS) is 13.8. The predicted molar refractivity (Wildman–Crippen MR) is 62.3 cm³/mol. The van der Waals surface area contributed by atoms with E-state index in [-0.39, 0.29) is 18.6 Å². The van der Waals surface area contributed by atoms with E-state index in [9.17, 15) is 14.7 Å². The maximum Gasteiger partial charge on any atom is 0.313 e. The Hall–Kier alpha value is -1.68. The second-order valence-electron chi connectivity index (χ2n) is 4.11. The topological polar surface area (TPSA) is 63.6 Å². The molecule has 0 heterocycles. The Labute approximate surface area is 100 Å². The molecule has 4 heteroatoms. The third-order valence-corrected chi connectivity index (χ3v) is 2.51. The molecule has 1 rings (SSSR count). The number of hydrogen-bond donors (Lipinski definition) is 1. The summed E-state index contributed by atoms with van der Waals surface area (Å²) in [4.78, 5) is 22.5. The summed E-state index contributed by atoms with van der Waals surface area (Å²) < 4.78 is 4.40. The summed E-state index contributed by atoms with van der Waals surface area (Å²) in [7, 11) is 1.23. The zero-order valence-corrected chi connectivity index (χ0v) is 9.97. The standard InChI is InChI=1S/C13H16O4/c1-13(16,10-6-4-3-5-7-10)9-11(14)8-12(15)17-2/h3-7,16H,8-9H2,1-2H3. The van der Waals surface area contributed by atoms with Crippen molar-refractivity contribution in [2.24, 2.45) is 0 Å². The van der Waals surface area contributed by atoms with E-state index >= 15 is 0 Å². The Morgan fingerprint density at radius 1 is 1.29 bits per heavy atom. The first-order chi connectivity index (χ1) is 7.95. The van der Waals surface area contributed by atoms with Gasteiger partial charge in [-0.05, 0) is 12.5 Å². The lowest BCUT2D eigenvalue weighted by atomic mass is 9.90. The van der Waals surface area contributed by atoms with Gasteiger partial charge in [0.15, 0.2) is 0 Å². The Morgan fingerprint density at radius 2 is 1.88 bits per heavy atom. The number of esters is 1. The zero-order chi connectivity index (χ0) is 12.9. The van der Waals surface area contributed by atoms with Crippen LogP contribution in [-0.2, 0) is 19.9 Å². The maximum atomic E-state index is 11.5. The van der Waals surface area contributed by atoms with E-state index in [4.69, 9.17) is 0 Å². The molecular formula is C13H16O4. The van der Waals surface area contributed by atoms with E-state index in [0.29, 0.717) is 5.56 Å². The second kappa shape index (κ2) is 5.59. The molecule has 1 aromatic rings. The minimum absolute atomic E-state index is 0.105. The van der Waals surface area contributed by atoms with Crippen molar-refractivity contribution in [3.8, 4) is 0 Å². The summed E-state index contributed by atoms with van der Waals surface area (Å²) >= 11 is 0. The molecule has 1 aromatic carbocycles. The second-order valence-corrected chi connectivity index (χ2v) is 4.11. The molecule has 0 fully saturated rings. The molecule has 0 aromatic heterocycles. The molecule has 0 bridgehead atoms. The van der Waals surface area contributed by atoms with Crippen molar-refractivity contribution in [1.29, 1.82) is 0 Å². The summed E-state index contributed by atoms with van der Waals surface area (Å²) in [5, 5.41) is 10.2. The molecule has 1 N–H and O–H groups in total. The molecule has 92 valence electrons. The van der Waals surface area contributed by atoms with Crippen LogP contribution in [0.2, 0.25) is 0 Å². The molecule has 0 spiro atoms. The fraction of sp³-hybridized carbons (Fsp3) is 0.385. The van der Waals surface area contributed by atoms with Crippen LogP contribution < -0.4 is 0 Å².